The lowest BCUT2D eigenvalue weighted by molar-refractivity contribution is 0.0976. The summed E-state index contributed by atoms with van der Waals surface area (Å²) in [5.74, 6) is 0.897. The van der Waals surface area contributed by atoms with Crippen LogP contribution in [-0.4, -0.2) is 20.0 Å². The molecule has 0 aliphatic heterocycles. The van der Waals surface area contributed by atoms with Crippen LogP contribution in [0.4, 0.5) is 10.1 Å². The Balaban J connectivity index is 1.91. The number of methoxy groups -OCH3 is 2. The van der Waals surface area contributed by atoms with E-state index in [1.54, 1.807) is 26.4 Å². The maximum absolute atomic E-state index is 13.3. The minimum absolute atomic E-state index is 0.0133. The molecule has 1 atom stereocenters. The number of ether oxygens (including phenoxy) is 2. The molecule has 0 radical (unpaired) electrons. The molecule has 0 heterocycles. The highest BCUT2D eigenvalue weighted by atomic mass is 19.1. The lowest BCUT2D eigenvalue weighted by Gasteiger charge is -2.21. The zero-order valence-electron chi connectivity index (χ0n) is 16.7. The second kappa shape index (κ2) is 9.24. The molecule has 0 saturated carbocycles. The lowest BCUT2D eigenvalue weighted by Crippen LogP contribution is -2.16. The van der Waals surface area contributed by atoms with Crippen molar-refractivity contribution in [1.29, 1.82) is 0 Å². The number of carbonyl (C=O) groups excluding carboxylic acids is 1. The van der Waals surface area contributed by atoms with E-state index in [2.05, 4.69) is 5.32 Å². The van der Waals surface area contributed by atoms with Crippen LogP contribution in [0.3, 0.4) is 0 Å². The largest absolute Gasteiger partial charge is 0.493 e. The van der Waals surface area contributed by atoms with Gasteiger partial charge in [0, 0.05) is 17.7 Å². The fourth-order valence-corrected chi connectivity index (χ4v) is 3.11. The molecule has 5 heteroatoms. The van der Waals surface area contributed by atoms with E-state index < -0.39 is 0 Å². The van der Waals surface area contributed by atoms with Crippen LogP contribution >= 0.6 is 0 Å². The summed E-state index contributed by atoms with van der Waals surface area (Å²) < 4.78 is 24.0. The molecule has 0 spiro atoms. The van der Waals surface area contributed by atoms with E-state index in [9.17, 15) is 9.18 Å². The number of rotatable bonds is 8. The van der Waals surface area contributed by atoms with E-state index >= 15 is 0 Å². The van der Waals surface area contributed by atoms with Gasteiger partial charge >= 0.3 is 0 Å². The van der Waals surface area contributed by atoms with E-state index in [0.29, 0.717) is 17.1 Å². The number of carbonyl (C=O) groups is 1. The van der Waals surface area contributed by atoms with Gasteiger partial charge in [-0.15, -0.1) is 0 Å². The number of benzene rings is 3. The van der Waals surface area contributed by atoms with Gasteiger partial charge in [0.1, 0.15) is 5.82 Å². The highest BCUT2D eigenvalue weighted by Gasteiger charge is 2.19. The molecule has 150 valence electrons. The number of hydrogen-bond acceptors (Lipinski definition) is 4. The van der Waals surface area contributed by atoms with Gasteiger partial charge in [-0.3, -0.25) is 4.79 Å². The van der Waals surface area contributed by atoms with Crippen LogP contribution in [0.1, 0.15) is 33.9 Å². The number of anilines is 1. The van der Waals surface area contributed by atoms with Crippen molar-refractivity contribution >= 4 is 11.5 Å². The van der Waals surface area contributed by atoms with Gasteiger partial charge in [0.05, 0.1) is 20.3 Å². The van der Waals surface area contributed by atoms with E-state index in [1.165, 1.54) is 12.1 Å². The fraction of sp³-hybridized carbons (Fsp3) is 0.208. The minimum atomic E-state index is -0.325. The third-order valence-corrected chi connectivity index (χ3v) is 4.76. The van der Waals surface area contributed by atoms with E-state index in [4.69, 9.17) is 9.47 Å². The Hall–Kier alpha value is -3.34. The smallest absolute Gasteiger partial charge is 0.165 e. The first-order valence-electron chi connectivity index (χ1n) is 9.34. The monoisotopic (exact) mass is 393 g/mol. The molecule has 0 fully saturated rings. The molecule has 0 bridgehead atoms. The van der Waals surface area contributed by atoms with Crippen molar-refractivity contribution in [3.05, 3.63) is 89.2 Å². The lowest BCUT2D eigenvalue weighted by atomic mass is 9.96. The average molecular weight is 393 g/mol. The molecule has 0 aliphatic rings. The van der Waals surface area contributed by atoms with Gasteiger partial charge in [-0.05, 0) is 48.9 Å². The van der Waals surface area contributed by atoms with Gasteiger partial charge in [0.2, 0.25) is 0 Å². The number of halogens is 1. The predicted octanol–water partition coefficient (Wildman–Crippen LogP) is 5.58. The summed E-state index contributed by atoms with van der Waals surface area (Å²) in [6.07, 6.45) is 0.232. The Kier molecular flexibility index (Phi) is 6.50. The van der Waals surface area contributed by atoms with Crippen LogP contribution in [0.15, 0.2) is 66.7 Å². The van der Waals surface area contributed by atoms with Crippen LogP contribution in [-0.2, 0) is 0 Å². The molecule has 29 heavy (non-hydrogen) atoms. The average Bonchev–Trinajstić information content (AvgIpc) is 2.74. The Labute approximate surface area is 170 Å². The van der Waals surface area contributed by atoms with Crippen molar-refractivity contribution < 1.29 is 18.7 Å². The maximum Gasteiger partial charge on any atom is 0.165 e. The zero-order valence-corrected chi connectivity index (χ0v) is 16.7. The van der Waals surface area contributed by atoms with Gasteiger partial charge < -0.3 is 14.8 Å². The van der Waals surface area contributed by atoms with Crippen LogP contribution in [0.2, 0.25) is 0 Å². The summed E-state index contributed by atoms with van der Waals surface area (Å²) >= 11 is 0. The molecule has 0 aliphatic carbocycles. The molecule has 3 rings (SSSR count). The molecule has 0 saturated heterocycles. The molecule has 3 aromatic carbocycles. The van der Waals surface area contributed by atoms with Gasteiger partial charge in [0.25, 0.3) is 0 Å². The molecule has 4 nitrogen and oxygen atoms in total. The third-order valence-electron chi connectivity index (χ3n) is 4.76. The van der Waals surface area contributed by atoms with Gasteiger partial charge in [-0.1, -0.05) is 35.9 Å². The summed E-state index contributed by atoms with van der Waals surface area (Å²) in [6.45, 7) is 1.98. The fourth-order valence-electron chi connectivity index (χ4n) is 3.11. The quantitative estimate of drug-likeness (QED) is 0.508. The predicted molar refractivity (Wildman–Crippen MR) is 112 cm³/mol. The standard InChI is InChI=1S/C24H24FNO3/c1-16-4-6-17(7-5-16)22(27)15-21(26-20-11-9-19(25)10-12-20)18-8-13-23(28-2)24(14-18)29-3/h4-14,21,26H,15H2,1-3H3. The summed E-state index contributed by atoms with van der Waals surface area (Å²) in [5.41, 5.74) is 3.35. The minimum Gasteiger partial charge on any atom is -0.493 e. The van der Waals surface area contributed by atoms with Crippen molar-refractivity contribution in [1.82, 2.24) is 0 Å². The number of Topliss-reactive ketones (excluding diaryl/α,β-unsaturated/α-hetero) is 1. The van der Waals surface area contributed by atoms with Gasteiger partial charge in [0.15, 0.2) is 17.3 Å². The first kappa shape index (κ1) is 20.4. The molecular formula is C24H24FNO3. The number of nitrogens with one attached hydrogen (secondary N) is 1. The SMILES string of the molecule is COc1ccc(C(CC(=O)c2ccc(C)cc2)Nc2ccc(F)cc2)cc1OC. The Morgan fingerprint density at radius 1 is 0.931 bits per heavy atom. The van der Waals surface area contributed by atoms with E-state index in [1.807, 2.05) is 49.4 Å². The topological polar surface area (TPSA) is 47.6 Å². The first-order valence-corrected chi connectivity index (χ1v) is 9.34. The molecule has 1 unspecified atom stereocenters. The van der Waals surface area contributed by atoms with Crippen molar-refractivity contribution in [3.63, 3.8) is 0 Å². The van der Waals surface area contributed by atoms with Crippen LogP contribution in [0.25, 0.3) is 0 Å². The van der Waals surface area contributed by atoms with Gasteiger partial charge in [-0.25, -0.2) is 4.39 Å². The summed E-state index contributed by atoms with van der Waals surface area (Å²) in [4.78, 5) is 12.9. The van der Waals surface area contributed by atoms with Crippen LogP contribution in [0, 0.1) is 12.7 Å². The first-order chi connectivity index (χ1) is 14.0. The Bertz CT molecular complexity index is 968. The zero-order chi connectivity index (χ0) is 20.8. The van der Waals surface area contributed by atoms with E-state index in [-0.39, 0.29) is 24.1 Å². The normalized spacial score (nSPS) is 11.6. The van der Waals surface area contributed by atoms with Crippen molar-refractivity contribution in [2.24, 2.45) is 0 Å². The van der Waals surface area contributed by atoms with E-state index in [0.717, 1.165) is 16.8 Å². The highest BCUT2D eigenvalue weighted by molar-refractivity contribution is 5.96. The number of hydrogen-bond donors (Lipinski definition) is 1. The maximum atomic E-state index is 13.3. The summed E-state index contributed by atoms with van der Waals surface area (Å²) in [7, 11) is 3.15. The molecule has 1 N–H and O–H groups in total. The molecule has 0 amide bonds. The Morgan fingerprint density at radius 3 is 2.21 bits per heavy atom. The molecule has 0 aromatic heterocycles. The number of aryl methyl sites for hydroxylation is 1. The summed E-state index contributed by atoms with van der Waals surface area (Å²) in [5, 5.41) is 3.34. The highest BCUT2D eigenvalue weighted by Crippen LogP contribution is 2.33. The summed E-state index contributed by atoms with van der Waals surface area (Å²) in [6, 6.07) is 18.8. The number of ketones is 1. The molecule has 3 aromatic rings. The van der Waals surface area contributed by atoms with Crippen molar-refractivity contribution in [2.75, 3.05) is 19.5 Å². The van der Waals surface area contributed by atoms with Crippen LogP contribution < -0.4 is 14.8 Å². The Morgan fingerprint density at radius 2 is 1.59 bits per heavy atom. The second-order valence-electron chi connectivity index (χ2n) is 6.81. The third kappa shape index (κ3) is 5.13. The van der Waals surface area contributed by atoms with Crippen molar-refractivity contribution in [3.8, 4) is 11.5 Å². The molecular weight excluding hydrogens is 369 g/mol. The van der Waals surface area contributed by atoms with Crippen LogP contribution in [0.5, 0.6) is 11.5 Å². The second-order valence-corrected chi connectivity index (χ2v) is 6.81. The van der Waals surface area contributed by atoms with Gasteiger partial charge in [-0.2, -0.15) is 0 Å². The van der Waals surface area contributed by atoms with Crippen molar-refractivity contribution in [2.45, 2.75) is 19.4 Å².